The number of aryl methyl sites for hydroxylation is 1. The number of ether oxygens (including phenoxy) is 1. The molecule has 0 spiro atoms. The van der Waals surface area contributed by atoms with Crippen LogP contribution in [0.15, 0.2) is 47.4 Å². The zero-order valence-corrected chi connectivity index (χ0v) is 16.2. The number of hydrogen-bond acceptors (Lipinski definition) is 4. The molecule has 0 heterocycles. The highest BCUT2D eigenvalue weighted by Crippen LogP contribution is 2.18. The Bertz CT molecular complexity index is 906. The molecule has 0 saturated carbocycles. The van der Waals surface area contributed by atoms with Crippen molar-refractivity contribution in [3.05, 3.63) is 58.9 Å². The lowest BCUT2D eigenvalue weighted by Crippen LogP contribution is -2.34. The molecule has 2 N–H and O–H groups in total. The topological polar surface area (TPSA) is 84.5 Å². The first-order valence-electron chi connectivity index (χ1n) is 8.16. The number of rotatable bonds is 9. The van der Waals surface area contributed by atoms with E-state index in [1.807, 2.05) is 0 Å². The third kappa shape index (κ3) is 6.50. The zero-order chi connectivity index (χ0) is 19.9. The molecule has 0 aromatic heterocycles. The van der Waals surface area contributed by atoms with Gasteiger partial charge in [0.2, 0.25) is 15.9 Å². The van der Waals surface area contributed by atoms with Crippen molar-refractivity contribution in [2.75, 3.05) is 20.2 Å². The molecule has 0 unspecified atom stereocenters. The van der Waals surface area contributed by atoms with Crippen LogP contribution >= 0.6 is 11.6 Å². The second kappa shape index (κ2) is 9.68. The van der Waals surface area contributed by atoms with Crippen LogP contribution in [0.3, 0.4) is 0 Å². The summed E-state index contributed by atoms with van der Waals surface area (Å²) in [5, 5.41) is 2.94. The number of carbonyl (C=O) groups excluding carboxylic acids is 1. The van der Waals surface area contributed by atoms with Gasteiger partial charge in [-0.2, -0.15) is 0 Å². The highest BCUT2D eigenvalue weighted by molar-refractivity contribution is 7.89. The van der Waals surface area contributed by atoms with E-state index in [0.717, 1.165) is 0 Å². The Morgan fingerprint density at radius 3 is 2.63 bits per heavy atom. The van der Waals surface area contributed by atoms with E-state index in [1.165, 1.54) is 31.4 Å². The molecule has 0 fully saturated rings. The predicted molar refractivity (Wildman–Crippen MR) is 101 cm³/mol. The van der Waals surface area contributed by atoms with E-state index in [9.17, 15) is 17.6 Å². The molecule has 0 atom stereocenters. The minimum absolute atomic E-state index is 0.0394. The smallest absolute Gasteiger partial charge is 0.240 e. The van der Waals surface area contributed by atoms with Crippen molar-refractivity contribution in [2.24, 2.45) is 0 Å². The zero-order valence-electron chi connectivity index (χ0n) is 14.7. The number of carbonyl (C=O) groups is 1. The van der Waals surface area contributed by atoms with Gasteiger partial charge in [-0.15, -0.1) is 0 Å². The summed E-state index contributed by atoms with van der Waals surface area (Å²) in [5.41, 5.74) is 0.671. The van der Waals surface area contributed by atoms with Crippen LogP contribution in [0.25, 0.3) is 0 Å². The van der Waals surface area contributed by atoms with Crippen molar-refractivity contribution in [3.63, 3.8) is 0 Å². The van der Waals surface area contributed by atoms with Gasteiger partial charge < -0.3 is 10.1 Å². The molecule has 0 radical (unpaired) electrons. The lowest BCUT2D eigenvalue weighted by atomic mass is 10.1. The maximum Gasteiger partial charge on any atom is 0.240 e. The Kier molecular flexibility index (Phi) is 7.58. The van der Waals surface area contributed by atoms with Crippen LogP contribution in [0.2, 0.25) is 5.02 Å². The Labute approximate surface area is 162 Å². The van der Waals surface area contributed by atoms with Crippen molar-refractivity contribution in [1.29, 1.82) is 0 Å². The summed E-state index contributed by atoms with van der Waals surface area (Å²) in [6, 6.07) is 10.4. The number of benzene rings is 2. The van der Waals surface area contributed by atoms with Gasteiger partial charge >= 0.3 is 0 Å². The highest BCUT2D eigenvalue weighted by atomic mass is 35.5. The molecule has 0 aliphatic rings. The van der Waals surface area contributed by atoms with Gasteiger partial charge in [0.15, 0.2) is 11.6 Å². The average Bonchev–Trinajstić information content (AvgIpc) is 2.63. The Hall–Kier alpha value is -2.16. The summed E-state index contributed by atoms with van der Waals surface area (Å²) in [5.74, 6) is -0.589. The predicted octanol–water partition coefficient (Wildman–Crippen LogP) is 2.52. The molecule has 2 aromatic rings. The average molecular weight is 415 g/mol. The van der Waals surface area contributed by atoms with Crippen LogP contribution in [0.1, 0.15) is 12.0 Å². The molecule has 0 bridgehead atoms. The first-order valence-corrected chi connectivity index (χ1v) is 10.0. The monoisotopic (exact) mass is 414 g/mol. The third-order valence-electron chi connectivity index (χ3n) is 3.70. The molecular formula is C18H20ClFN2O4S. The molecule has 9 heteroatoms. The van der Waals surface area contributed by atoms with E-state index in [4.69, 9.17) is 16.3 Å². The van der Waals surface area contributed by atoms with Crippen LogP contribution in [-0.4, -0.2) is 34.5 Å². The molecule has 2 rings (SSSR count). The molecule has 146 valence electrons. The minimum Gasteiger partial charge on any atom is -0.494 e. The van der Waals surface area contributed by atoms with E-state index in [-0.39, 0.29) is 36.1 Å². The fraction of sp³-hybridized carbons (Fsp3) is 0.278. The van der Waals surface area contributed by atoms with Gasteiger partial charge in [0.25, 0.3) is 0 Å². The van der Waals surface area contributed by atoms with Gasteiger partial charge in [-0.25, -0.2) is 17.5 Å². The molecule has 0 saturated heterocycles. The number of methoxy groups -OCH3 is 1. The lowest BCUT2D eigenvalue weighted by Gasteiger charge is -2.09. The van der Waals surface area contributed by atoms with E-state index in [2.05, 4.69) is 10.0 Å². The minimum atomic E-state index is -3.69. The first-order chi connectivity index (χ1) is 12.8. The van der Waals surface area contributed by atoms with Gasteiger partial charge in [-0.3, -0.25) is 4.79 Å². The number of hydrogen-bond donors (Lipinski definition) is 2. The molecule has 6 nitrogen and oxygen atoms in total. The largest absolute Gasteiger partial charge is 0.494 e. The van der Waals surface area contributed by atoms with E-state index in [1.54, 1.807) is 18.2 Å². The molecule has 2 aromatic carbocycles. The summed E-state index contributed by atoms with van der Waals surface area (Å²) < 4.78 is 45.0. The fourth-order valence-electron chi connectivity index (χ4n) is 2.32. The number of sulfonamides is 1. The van der Waals surface area contributed by atoms with Gasteiger partial charge in [0, 0.05) is 24.5 Å². The van der Waals surface area contributed by atoms with Gasteiger partial charge in [-0.05, 0) is 42.3 Å². The van der Waals surface area contributed by atoms with Gasteiger partial charge in [0.1, 0.15) is 0 Å². The maximum absolute atomic E-state index is 13.6. The summed E-state index contributed by atoms with van der Waals surface area (Å²) in [6.45, 7) is 0.174. The highest BCUT2D eigenvalue weighted by Gasteiger charge is 2.13. The molecule has 0 aliphatic heterocycles. The normalized spacial score (nSPS) is 11.2. The second-order valence-electron chi connectivity index (χ2n) is 5.67. The van der Waals surface area contributed by atoms with Crippen LogP contribution in [-0.2, 0) is 21.2 Å². The lowest BCUT2D eigenvalue weighted by molar-refractivity contribution is -0.121. The van der Waals surface area contributed by atoms with Crippen LogP contribution in [0.5, 0.6) is 5.75 Å². The Balaban J connectivity index is 1.74. The first kappa shape index (κ1) is 21.1. The van der Waals surface area contributed by atoms with Crippen LogP contribution in [0.4, 0.5) is 4.39 Å². The van der Waals surface area contributed by atoms with Crippen molar-refractivity contribution in [1.82, 2.24) is 10.0 Å². The third-order valence-corrected chi connectivity index (χ3v) is 5.40. The summed E-state index contributed by atoms with van der Waals surface area (Å²) in [4.78, 5) is 11.9. The maximum atomic E-state index is 13.6. The van der Waals surface area contributed by atoms with Crippen molar-refractivity contribution in [2.45, 2.75) is 17.7 Å². The summed E-state index contributed by atoms with van der Waals surface area (Å²) >= 11 is 5.79. The van der Waals surface area contributed by atoms with Crippen LogP contribution in [0, 0.1) is 5.82 Å². The van der Waals surface area contributed by atoms with Crippen molar-refractivity contribution >= 4 is 27.5 Å². The van der Waals surface area contributed by atoms with E-state index in [0.29, 0.717) is 17.0 Å². The SMILES string of the molecule is COc1ccc(CCC(=O)NCCNS(=O)(=O)c2cccc(Cl)c2)cc1F. The van der Waals surface area contributed by atoms with Crippen molar-refractivity contribution in [3.8, 4) is 5.75 Å². The second-order valence-corrected chi connectivity index (χ2v) is 7.88. The Morgan fingerprint density at radius 1 is 1.19 bits per heavy atom. The van der Waals surface area contributed by atoms with Crippen molar-refractivity contribution < 1.29 is 22.3 Å². The Morgan fingerprint density at radius 2 is 1.96 bits per heavy atom. The summed E-state index contributed by atoms with van der Waals surface area (Å²) in [7, 11) is -2.31. The number of halogens is 2. The molecule has 0 aliphatic carbocycles. The molecule has 27 heavy (non-hydrogen) atoms. The summed E-state index contributed by atoms with van der Waals surface area (Å²) in [6.07, 6.45) is 0.522. The van der Waals surface area contributed by atoms with Crippen LogP contribution < -0.4 is 14.8 Å². The standard InChI is InChI=1S/C18H20ClFN2O4S/c1-26-17-7-5-13(11-16(17)20)6-8-18(23)21-9-10-22-27(24,25)15-4-2-3-14(19)12-15/h2-5,7,11-12,22H,6,8-10H2,1H3,(H,21,23). The number of amides is 1. The quantitative estimate of drug-likeness (QED) is 0.617. The van der Waals surface area contributed by atoms with E-state index >= 15 is 0 Å². The van der Waals surface area contributed by atoms with Gasteiger partial charge in [-0.1, -0.05) is 23.7 Å². The number of nitrogens with one attached hydrogen (secondary N) is 2. The molecular weight excluding hydrogens is 395 g/mol. The van der Waals surface area contributed by atoms with E-state index < -0.39 is 15.8 Å². The fourth-order valence-corrected chi connectivity index (χ4v) is 3.65. The molecule has 1 amide bonds. The van der Waals surface area contributed by atoms with Gasteiger partial charge in [0.05, 0.1) is 12.0 Å².